The topological polar surface area (TPSA) is 133 Å². The summed E-state index contributed by atoms with van der Waals surface area (Å²) < 4.78 is 35.8. The van der Waals surface area contributed by atoms with E-state index in [0.29, 0.717) is 10.9 Å². The van der Waals surface area contributed by atoms with E-state index >= 15 is 0 Å². The van der Waals surface area contributed by atoms with Crippen LogP contribution in [0.3, 0.4) is 0 Å². The van der Waals surface area contributed by atoms with Gasteiger partial charge >= 0.3 is 13.5 Å². The average Bonchev–Trinajstić information content (AvgIpc) is 3.29. The molecular formula is C25H26N3O7P. The van der Waals surface area contributed by atoms with Crippen LogP contribution in [0.25, 0.3) is 22.4 Å². The zero-order valence-corrected chi connectivity index (χ0v) is 21.2. The van der Waals surface area contributed by atoms with Crippen LogP contribution >= 0.6 is 7.60 Å². The summed E-state index contributed by atoms with van der Waals surface area (Å²) in [7, 11) is -3.89. The summed E-state index contributed by atoms with van der Waals surface area (Å²) in [5, 5.41) is 0.370. The number of nitrogens with one attached hydrogen (secondary N) is 2. The fourth-order valence-corrected chi connectivity index (χ4v) is 5.02. The van der Waals surface area contributed by atoms with Crippen molar-refractivity contribution in [1.82, 2.24) is 10.4 Å². The maximum Gasteiger partial charge on any atom is 0.385 e. The molecule has 0 atom stereocenters. The maximum atomic E-state index is 13.5. The number of rotatable bonds is 9. The Labute approximate surface area is 207 Å². The van der Waals surface area contributed by atoms with Gasteiger partial charge in [-0.3, -0.25) is 25.0 Å². The number of carbonyl (C=O) groups excluding carboxylic acids is 1. The molecule has 2 aromatic carbocycles. The number of fused-ring (bicyclic) bond motifs is 1. The first-order valence-electron chi connectivity index (χ1n) is 11.3. The first kappa shape index (κ1) is 25.4. The molecule has 4 rings (SSSR count). The number of aryl methyl sites for hydroxylation is 2. The first-order valence-corrected chi connectivity index (χ1v) is 12.9. The van der Waals surface area contributed by atoms with Gasteiger partial charge in [0, 0.05) is 11.6 Å². The molecule has 0 bridgehead atoms. The molecular weight excluding hydrogens is 485 g/mol. The average molecular weight is 511 g/mol. The number of amides is 1. The Morgan fingerprint density at radius 1 is 0.972 bits per heavy atom. The summed E-state index contributed by atoms with van der Waals surface area (Å²) in [6.45, 7) is 7.33. The molecule has 2 heterocycles. The minimum absolute atomic E-state index is 0.0948. The summed E-state index contributed by atoms with van der Waals surface area (Å²) in [5.41, 5.74) is 7.34. The second-order valence-corrected chi connectivity index (χ2v) is 9.86. The Balaban J connectivity index is 1.67. The van der Waals surface area contributed by atoms with Crippen molar-refractivity contribution >= 4 is 35.8 Å². The van der Waals surface area contributed by atoms with Crippen molar-refractivity contribution in [2.24, 2.45) is 0 Å². The van der Waals surface area contributed by atoms with Gasteiger partial charge in [0.05, 0.1) is 18.6 Å². The lowest BCUT2D eigenvalue weighted by molar-refractivity contribution is 0.0934. The highest BCUT2D eigenvalue weighted by Gasteiger charge is 2.36. The Hall–Kier alpha value is -3.72. The molecule has 11 heteroatoms. The van der Waals surface area contributed by atoms with E-state index in [2.05, 4.69) is 15.8 Å². The number of hydrogen-bond acceptors (Lipinski definition) is 9. The normalized spacial score (nSPS) is 11.6. The standard InChI is InChI=1S/C25H26N3O7P/c1-5-32-36(31,33-6-2)25-24(35-23(26-25)17-10-7-15(3)8-11-17)28-27-22(30)21-14-19(29)18-13-16(4)9-12-20(18)34-21/h7-14,28H,5-6H2,1-4H3,(H,27,30). The smallest absolute Gasteiger partial charge is 0.385 e. The van der Waals surface area contributed by atoms with Gasteiger partial charge in [0.25, 0.3) is 0 Å². The summed E-state index contributed by atoms with van der Waals surface area (Å²) in [4.78, 5) is 29.7. The number of aromatic nitrogens is 1. The molecule has 0 fully saturated rings. The number of nitrogens with zero attached hydrogens (tertiary/aromatic N) is 1. The van der Waals surface area contributed by atoms with Crippen molar-refractivity contribution in [3.63, 3.8) is 0 Å². The summed E-state index contributed by atoms with van der Waals surface area (Å²) >= 11 is 0. The Kier molecular flexibility index (Phi) is 7.40. The van der Waals surface area contributed by atoms with Crippen molar-refractivity contribution in [3.8, 4) is 11.5 Å². The fraction of sp³-hybridized carbons (Fsp3) is 0.240. The van der Waals surface area contributed by atoms with E-state index in [1.807, 2.05) is 26.0 Å². The fourth-order valence-electron chi connectivity index (χ4n) is 3.46. The van der Waals surface area contributed by atoms with E-state index < -0.39 is 13.5 Å². The van der Waals surface area contributed by atoms with Crippen LogP contribution in [0.15, 0.2) is 62.2 Å². The molecule has 36 heavy (non-hydrogen) atoms. The molecule has 0 radical (unpaired) electrons. The van der Waals surface area contributed by atoms with E-state index in [0.717, 1.165) is 17.2 Å². The lowest BCUT2D eigenvalue weighted by atomic mass is 10.1. The predicted octanol–water partition coefficient (Wildman–Crippen LogP) is 4.71. The first-order chi connectivity index (χ1) is 17.2. The van der Waals surface area contributed by atoms with Crippen LogP contribution in [0.5, 0.6) is 0 Å². The Bertz CT molecular complexity index is 1500. The van der Waals surface area contributed by atoms with Gasteiger partial charge in [-0.1, -0.05) is 29.3 Å². The van der Waals surface area contributed by atoms with Crippen LogP contribution in [-0.2, 0) is 13.6 Å². The number of hydrazine groups is 1. The van der Waals surface area contributed by atoms with Crippen LogP contribution in [-0.4, -0.2) is 24.1 Å². The lowest BCUT2D eigenvalue weighted by Crippen LogP contribution is -2.32. The van der Waals surface area contributed by atoms with E-state index in [1.165, 1.54) is 0 Å². The summed E-state index contributed by atoms with van der Waals surface area (Å²) in [6, 6.07) is 13.5. The molecule has 2 aromatic heterocycles. The van der Waals surface area contributed by atoms with E-state index in [9.17, 15) is 14.2 Å². The van der Waals surface area contributed by atoms with Gasteiger partial charge in [0.15, 0.2) is 11.2 Å². The Morgan fingerprint density at radius 3 is 2.31 bits per heavy atom. The number of benzene rings is 2. The number of carbonyl (C=O) groups is 1. The molecule has 0 saturated heterocycles. The minimum Gasteiger partial charge on any atom is -0.451 e. The van der Waals surface area contributed by atoms with Gasteiger partial charge in [-0.05, 0) is 52.0 Å². The zero-order valence-electron chi connectivity index (χ0n) is 20.3. The third-order valence-corrected chi connectivity index (χ3v) is 7.18. The third-order valence-electron chi connectivity index (χ3n) is 5.16. The lowest BCUT2D eigenvalue weighted by Gasteiger charge is -2.15. The van der Waals surface area contributed by atoms with Crippen LogP contribution in [0.2, 0.25) is 0 Å². The second-order valence-electron chi connectivity index (χ2n) is 7.92. The van der Waals surface area contributed by atoms with Gasteiger partial charge in [-0.25, -0.2) is 0 Å². The highest BCUT2D eigenvalue weighted by Crippen LogP contribution is 2.49. The highest BCUT2D eigenvalue weighted by atomic mass is 31.2. The molecule has 2 N–H and O–H groups in total. The van der Waals surface area contributed by atoms with Gasteiger partial charge < -0.3 is 17.9 Å². The maximum absolute atomic E-state index is 13.5. The molecule has 4 aromatic rings. The van der Waals surface area contributed by atoms with Crippen molar-refractivity contribution in [2.75, 3.05) is 18.6 Å². The van der Waals surface area contributed by atoms with Crippen molar-refractivity contribution in [1.29, 1.82) is 0 Å². The number of oxazole rings is 1. The van der Waals surface area contributed by atoms with E-state index in [4.69, 9.17) is 17.9 Å². The highest BCUT2D eigenvalue weighted by molar-refractivity contribution is 7.62. The van der Waals surface area contributed by atoms with Gasteiger partial charge in [0.1, 0.15) is 5.58 Å². The molecule has 0 aliphatic heterocycles. The molecule has 0 unspecified atom stereocenters. The summed E-state index contributed by atoms with van der Waals surface area (Å²) in [5.74, 6) is -0.963. The number of anilines is 1. The largest absolute Gasteiger partial charge is 0.451 e. The van der Waals surface area contributed by atoms with E-state index in [1.54, 1.807) is 44.2 Å². The molecule has 0 saturated carbocycles. The van der Waals surface area contributed by atoms with Crippen molar-refractivity contribution in [2.45, 2.75) is 27.7 Å². The molecule has 0 aliphatic carbocycles. The van der Waals surface area contributed by atoms with Crippen LogP contribution in [0.1, 0.15) is 35.5 Å². The second kappa shape index (κ2) is 10.5. The third kappa shape index (κ3) is 5.26. The molecule has 188 valence electrons. The van der Waals surface area contributed by atoms with Gasteiger partial charge in [-0.15, -0.1) is 0 Å². The van der Waals surface area contributed by atoms with Crippen LogP contribution in [0, 0.1) is 13.8 Å². The molecule has 10 nitrogen and oxygen atoms in total. The van der Waals surface area contributed by atoms with Gasteiger partial charge in [-0.2, -0.15) is 4.98 Å². The minimum atomic E-state index is -3.89. The molecule has 0 aliphatic rings. The van der Waals surface area contributed by atoms with E-state index in [-0.39, 0.29) is 47.2 Å². The van der Waals surface area contributed by atoms with Crippen LogP contribution in [0.4, 0.5) is 5.88 Å². The SMILES string of the molecule is CCOP(=O)(OCC)c1nc(-c2ccc(C)cc2)oc1NNC(=O)c1cc(=O)c2cc(C)ccc2o1. The monoisotopic (exact) mass is 511 g/mol. The summed E-state index contributed by atoms with van der Waals surface area (Å²) in [6.07, 6.45) is 0. The Morgan fingerprint density at radius 2 is 1.64 bits per heavy atom. The molecule has 0 spiro atoms. The van der Waals surface area contributed by atoms with Crippen molar-refractivity contribution < 1.29 is 27.2 Å². The van der Waals surface area contributed by atoms with Gasteiger partial charge in [0.2, 0.25) is 17.2 Å². The number of hydrogen-bond donors (Lipinski definition) is 2. The quantitative estimate of drug-likeness (QED) is 0.242. The van der Waals surface area contributed by atoms with Crippen molar-refractivity contribution in [3.05, 3.63) is 75.6 Å². The molecule has 1 amide bonds. The zero-order chi connectivity index (χ0) is 25.9. The predicted molar refractivity (Wildman–Crippen MR) is 135 cm³/mol. The van der Waals surface area contributed by atoms with Crippen LogP contribution < -0.4 is 21.7 Å².